The van der Waals surface area contributed by atoms with Crippen LogP contribution in [0.5, 0.6) is 0 Å². The highest BCUT2D eigenvalue weighted by molar-refractivity contribution is 6.31. The number of hydrogen-bond donors (Lipinski definition) is 3. The second kappa shape index (κ2) is 4.69. The molecule has 3 nitrogen and oxygen atoms in total. The zero-order chi connectivity index (χ0) is 11.5. The van der Waals surface area contributed by atoms with E-state index in [0.717, 1.165) is 6.07 Å². The van der Waals surface area contributed by atoms with Crippen LogP contribution in [0.25, 0.3) is 0 Å². The molecule has 0 aliphatic rings. The van der Waals surface area contributed by atoms with Crippen molar-refractivity contribution in [2.24, 2.45) is 5.84 Å². The van der Waals surface area contributed by atoms with Crippen LogP contribution in [-0.4, -0.2) is 6.67 Å². The highest BCUT2D eigenvalue weighted by Crippen LogP contribution is 2.35. The lowest BCUT2D eigenvalue weighted by Gasteiger charge is -2.11. The molecule has 0 aliphatic heterocycles. The van der Waals surface area contributed by atoms with Gasteiger partial charge in [-0.1, -0.05) is 11.6 Å². The van der Waals surface area contributed by atoms with Crippen LogP contribution in [0.15, 0.2) is 18.2 Å². The summed E-state index contributed by atoms with van der Waals surface area (Å²) in [5, 5.41) is 2.31. The number of nitrogens with one attached hydrogen (secondary N) is 2. The van der Waals surface area contributed by atoms with Crippen LogP contribution in [0.1, 0.15) is 5.56 Å². The van der Waals surface area contributed by atoms with E-state index in [0.29, 0.717) is 5.69 Å². The van der Waals surface area contributed by atoms with Gasteiger partial charge in [0.2, 0.25) is 0 Å². The molecule has 0 spiro atoms. The molecule has 1 aromatic rings. The molecule has 15 heavy (non-hydrogen) atoms. The molecular weight excluding hydrogens is 231 g/mol. The van der Waals surface area contributed by atoms with Gasteiger partial charge in [0.05, 0.1) is 17.3 Å². The average Bonchev–Trinajstić information content (AvgIpc) is 2.15. The summed E-state index contributed by atoms with van der Waals surface area (Å²) >= 11 is 5.43. The third-order valence-corrected chi connectivity index (χ3v) is 2.00. The van der Waals surface area contributed by atoms with E-state index in [1.54, 1.807) is 0 Å². The van der Waals surface area contributed by atoms with E-state index >= 15 is 0 Å². The Labute approximate surface area is 89.4 Å². The van der Waals surface area contributed by atoms with Crippen molar-refractivity contribution in [2.75, 3.05) is 12.0 Å². The molecule has 1 rings (SSSR count). The minimum Gasteiger partial charge on any atom is -0.371 e. The highest BCUT2D eigenvalue weighted by Gasteiger charge is 2.33. The summed E-state index contributed by atoms with van der Waals surface area (Å²) in [6.07, 6.45) is -4.45. The molecule has 0 amide bonds. The lowest BCUT2D eigenvalue weighted by Crippen LogP contribution is -2.28. The normalized spacial score (nSPS) is 11.5. The SMILES string of the molecule is NNCNc1ccc(Cl)c(C(F)(F)F)c1. The van der Waals surface area contributed by atoms with Gasteiger partial charge in [-0.2, -0.15) is 13.2 Å². The maximum atomic E-state index is 12.4. The number of benzene rings is 1. The summed E-state index contributed by atoms with van der Waals surface area (Å²) in [5.74, 6) is 4.97. The Hall–Kier alpha value is -0.980. The number of anilines is 1. The van der Waals surface area contributed by atoms with Gasteiger partial charge < -0.3 is 5.32 Å². The molecule has 0 saturated carbocycles. The average molecular weight is 240 g/mol. The van der Waals surface area contributed by atoms with E-state index in [1.807, 2.05) is 0 Å². The van der Waals surface area contributed by atoms with Gasteiger partial charge in [-0.15, -0.1) is 0 Å². The van der Waals surface area contributed by atoms with Crippen LogP contribution in [0, 0.1) is 0 Å². The van der Waals surface area contributed by atoms with Gasteiger partial charge in [0.25, 0.3) is 0 Å². The number of alkyl halides is 3. The molecule has 0 bridgehead atoms. The fourth-order valence-electron chi connectivity index (χ4n) is 1.01. The van der Waals surface area contributed by atoms with Gasteiger partial charge in [-0.05, 0) is 18.2 Å². The van der Waals surface area contributed by atoms with Crippen molar-refractivity contribution in [1.29, 1.82) is 0 Å². The van der Waals surface area contributed by atoms with E-state index in [2.05, 4.69) is 10.7 Å². The number of rotatable bonds is 3. The molecule has 0 saturated heterocycles. The van der Waals surface area contributed by atoms with Crippen molar-refractivity contribution in [3.05, 3.63) is 28.8 Å². The molecule has 1 aromatic carbocycles. The first-order valence-corrected chi connectivity index (χ1v) is 4.37. The van der Waals surface area contributed by atoms with Crippen LogP contribution in [0.4, 0.5) is 18.9 Å². The first-order chi connectivity index (χ1) is 6.95. The number of hydrazine groups is 1. The Bertz CT molecular complexity index is 340. The molecule has 0 fully saturated rings. The topological polar surface area (TPSA) is 50.1 Å². The first kappa shape index (κ1) is 12.1. The number of halogens is 4. The van der Waals surface area contributed by atoms with Crippen LogP contribution in [0.3, 0.4) is 0 Å². The zero-order valence-electron chi connectivity index (χ0n) is 7.53. The molecule has 0 atom stereocenters. The van der Waals surface area contributed by atoms with Crippen molar-refractivity contribution >= 4 is 17.3 Å². The third kappa shape index (κ3) is 3.26. The van der Waals surface area contributed by atoms with Gasteiger partial charge in [0.15, 0.2) is 0 Å². The van der Waals surface area contributed by atoms with Crippen molar-refractivity contribution in [1.82, 2.24) is 5.43 Å². The summed E-state index contributed by atoms with van der Waals surface area (Å²) in [6.45, 7) is 0.166. The molecule has 0 aliphatic carbocycles. The fraction of sp³-hybridized carbons (Fsp3) is 0.250. The molecule has 4 N–H and O–H groups in total. The van der Waals surface area contributed by atoms with Crippen molar-refractivity contribution < 1.29 is 13.2 Å². The zero-order valence-corrected chi connectivity index (χ0v) is 8.28. The molecule has 84 valence electrons. The van der Waals surface area contributed by atoms with Gasteiger partial charge >= 0.3 is 6.18 Å². The van der Waals surface area contributed by atoms with Crippen molar-refractivity contribution in [3.63, 3.8) is 0 Å². The lowest BCUT2D eigenvalue weighted by molar-refractivity contribution is -0.137. The summed E-state index contributed by atoms with van der Waals surface area (Å²) < 4.78 is 37.2. The highest BCUT2D eigenvalue weighted by atomic mass is 35.5. The predicted molar refractivity (Wildman–Crippen MR) is 52.3 cm³/mol. The number of nitrogens with two attached hydrogens (primary N) is 1. The third-order valence-electron chi connectivity index (χ3n) is 1.67. The van der Waals surface area contributed by atoms with E-state index in [9.17, 15) is 13.2 Å². The Morgan fingerprint density at radius 1 is 1.33 bits per heavy atom. The second-order valence-corrected chi connectivity index (χ2v) is 3.16. The monoisotopic (exact) mass is 239 g/mol. The summed E-state index contributed by atoms with van der Waals surface area (Å²) in [6, 6.07) is 3.55. The summed E-state index contributed by atoms with van der Waals surface area (Å²) in [7, 11) is 0. The van der Waals surface area contributed by atoms with Crippen molar-refractivity contribution in [3.8, 4) is 0 Å². The molecule has 0 unspecified atom stereocenters. The van der Waals surface area contributed by atoms with E-state index in [1.165, 1.54) is 12.1 Å². The van der Waals surface area contributed by atoms with Gasteiger partial charge in [-0.25, -0.2) is 5.43 Å². The van der Waals surface area contributed by atoms with Crippen LogP contribution in [-0.2, 0) is 6.18 Å². The standard InChI is InChI=1S/C8H9ClF3N3/c9-7-2-1-5(14-4-15-13)3-6(7)8(10,11)12/h1-3,14-15H,4,13H2. The maximum Gasteiger partial charge on any atom is 0.417 e. The Morgan fingerprint density at radius 2 is 2.00 bits per heavy atom. The van der Waals surface area contributed by atoms with Crippen LogP contribution >= 0.6 is 11.6 Å². The molecule has 0 aromatic heterocycles. The quantitative estimate of drug-likeness (QED) is 0.431. The Kier molecular flexibility index (Phi) is 3.78. The predicted octanol–water partition coefficient (Wildman–Crippen LogP) is 2.19. The molecule has 7 heteroatoms. The van der Waals surface area contributed by atoms with Crippen LogP contribution in [0.2, 0.25) is 5.02 Å². The molecular formula is C8H9ClF3N3. The minimum absolute atomic E-state index is 0.166. The largest absolute Gasteiger partial charge is 0.417 e. The van der Waals surface area contributed by atoms with Crippen molar-refractivity contribution in [2.45, 2.75) is 6.18 Å². The molecule has 0 radical (unpaired) electrons. The first-order valence-electron chi connectivity index (χ1n) is 3.99. The fourth-order valence-corrected chi connectivity index (χ4v) is 1.23. The maximum absolute atomic E-state index is 12.4. The van der Waals surface area contributed by atoms with E-state index in [-0.39, 0.29) is 11.7 Å². The minimum atomic E-state index is -4.45. The lowest BCUT2D eigenvalue weighted by atomic mass is 10.2. The van der Waals surface area contributed by atoms with Gasteiger partial charge in [0, 0.05) is 5.69 Å². The van der Waals surface area contributed by atoms with Gasteiger partial charge in [-0.3, -0.25) is 5.84 Å². The summed E-state index contributed by atoms with van der Waals surface area (Å²) in [4.78, 5) is 0. The Morgan fingerprint density at radius 3 is 2.53 bits per heavy atom. The van der Waals surface area contributed by atoms with E-state index < -0.39 is 11.7 Å². The van der Waals surface area contributed by atoms with E-state index in [4.69, 9.17) is 17.4 Å². The summed E-state index contributed by atoms with van der Waals surface area (Å²) in [5.41, 5.74) is 1.69. The molecule has 0 heterocycles. The Balaban J connectivity index is 2.95. The smallest absolute Gasteiger partial charge is 0.371 e. The van der Waals surface area contributed by atoms with Gasteiger partial charge in [0.1, 0.15) is 0 Å². The van der Waals surface area contributed by atoms with Crippen LogP contribution < -0.4 is 16.6 Å². The number of hydrogen-bond acceptors (Lipinski definition) is 3. The second-order valence-electron chi connectivity index (χ2n) is 2.75.